The number of nitriles is 1. The average Bonchev–Trinajstić information content (AvgIpc) is 3.24. The highest BCUT2D eigenvalue weighted by molar-refractivity contribution is 6.32. The van der Waals surface area contributed by atoms with E-state index in [-0.39, 0.29) is 5.41 Å². The van der Waals surface area contributed by atoms with Crippen molar-refractivity contribution >= 4 is 23.2 Å². The maximum Gasteiger partial charge on any atom is 0.227 e. The number of methoxy groups -OCH3 is 1. The van der Waals surface area contributed by atoms with Crippen molar-refractivity contribution in [3.8, 4) is 28.8 Å². The first kappa shape index (κ1) is 27.2. The van der Waals surface area contributed by atoms with E-state index in [9.17, 15) is 5.26 Å². The Hall–Kier alpha value is -3.38. The molecular formula is C30H35ClN6O2. The summed E-state index contributed by atoms with van der Waals surface area (Å²) in [7, 11) is 3.75. The predicted octanol–water partition coefficient (Wildman–Crippen LogP) is 5.27. The van der Waals surface area contributed by atoms with E-state index in [2.05, 4.69) is 53.1 Å². The quantitative estimate of drug-likeness (QED) is 0.409. The van der Waals surface area contributed by atoms with Crippen LogP contribution in [0.3, 0.4) is 0 Å². The summed E-state index contributed by atoms with van der Waals surface area (Å²) in [6.45, 7) is 10.1. The molecule has 0 radical (unpaired) electrons. The van der Waals surface area contributed by atoms with Crippen LogP contribution in [0.15, 0.2) is 36.5 Å². The largest absolute Gasteiger partial charge is 0.494 e. The maximum absolute atomic E-state index is 9.79. The highest BCUT2D eigenvalue weighted by atomic mass is 35.5. The van der Waals surface area contributed by atoms with Gasteiger partial charge < -0.3 is 19.7 Å². The molecule has 204 valence electrons. The van der Waals surface area contributed by atoms with Crippen LogP contribution in [0.4, 0.5) is 11.6 Å². The van der Waals surface area contributed by atoms with E-state index in [1.54, 1.807) is 25.4 Å². The Kier molecular flexibility index (Phi) is 7.94. The van der Waals surface area contributed by atoms with Gasteiger partial charge >= 0.3 is 0 Å². The minimum atomic E-state index is 0.0312. The van der Waals surface area contributed by atoms with Crippen LogP contribution in [0.1, 0.15) is 37.0 Å². The molecule has 2 aromatic carbocycles. The van der Waals surface area contributed by atoms with Gasteiger partial charge in [0.05, 0.1) is 35.1 Å². The van der Waals surface area contributed by atoms with Crippen LogP contribution in [-0.2, 0) is 11.8 Å². The van der Waals surface area contributed by atoms with Crippen molar-refractivity contribution < 1.29 is 9.47 Å². The van der Waals surface area contributed by atoms with Crippen molar-refractivity contribution in [2.75, 3.05) is 58.8 Å². The molecule has 1 aromatic heterocycles. The number of fused-ring (bicyclic) bond motifs is 1. The van der Waals surface area contributed by atoms with Crippen LogP contribution in [0.25, 0.3) is 11.3 Å². The molecule has 1 saturated heterocycles. The monoisotopic (exact) mass is 546 g/mol. The number of benzene rings is 2. The van der Waals surface area contributed by atoms with Crippen LogP contribution in [-0.4, -0.2) is 73.3 Å². The van der Waals surface area contributed by atoms with E-state index in [0.29, 0.717) is 34.8 Å². The first-order valence-corrected chi connectivity index (χ1v) is 13.7. The molecule has 1 aliphatic heterocycles. The molecule has 5 rings (SSSR count). The average molecular weight is 547 g/mol. The SMILES string of the molecule is COc1cc(OCCN2CCN(C)CC2)c(Cl)cc1Nc1nccc(-c2cc(C#N)c3c(c2)C(C)(C)CC3)n1. The molecule has 0 atom stereocenters. The van der Waals surface area contributed by atoms with E-state index in [1.165, 1.54) is 5.56 Å². The minimum Gasteiger partial charge on any atom is -0.494 e. The molecule has 39 heavy (non-hydrogen) atoms. The highest BCUT2D eigenvalue weighted by Crippen LogP contribution is 2.42. The van der Waals surface area contributed by atoms with Crippen molar-refractivity contribution in [2.24, 2.45) is 0 Å². The second kappa shape index (κ2) is 11.4. The number of hydrogen-bond acceptors (Lipinski definition) is 8. The summed E-state index contributed by atoms with van der Waals surface area (Å²) < 4.78 is 11.6. The zero-order valence-corrected chi connectivity index (χ0v) is 23.8. The molecule has 0 saturated carbocycles. The number of piperazine rings is 1. The van der Waals surface area contributed by atoms with E-state index in [4.69, 9.17) is 26.1 Å². The maximum atomic E-state index is 9.79. The highest BCUT2D eigenvalue weighted by Gasteiger charge is 2.32. The molecule has 8 nitrogen and oxygen atoms in total. The van der Waals surface area contributed by atoms with Crippen molar-refractivity contribution in [2.45, 2.75) is 32.1 Å². The van der Waals surface area contributed by atoms with E-state index < -0.39 is 0 Å². The third-order valence-electron chi connectivity index (χ3n) is 7.81. The van der Waals surface area contributed by atoms with E-state index in [1.807, 2.05) is 12.1 Å². The summed E-state index contributed by atoms with van der Waals surface area (Å²) in [5, 5.41) is 13.5. The lowest BCUT2D eigenvalue weighted by atomic mass is 9.84. The summed E-state index contributed by atoms with van der Waals surface area (Å²) in [6, 6.07) is 11.9. The first-order valence-electron chi connectivity index (χ1n) is 13.4. The van der Waals surface area contributed by atoms with Crippen LogP contribution in [0.5, 0.6) is 11.5 Å². The van der Waals surface area contributed by atoms with Gasteiger partial charge in [0.15, 0.2) is 0 Å². The molecule has 0 spiro atoms. The number of hydrogen-bond donors (Lipinski definition) is 1. The van der Waals surface area contributed by atoms with Crippen molar-refractivity contribution in [3.63, 3.8) is 0 Å². The van der Waals surface area contributed by atoms with Gasteiger partial charge in [0.25, 0.3) is 0 Å². The number of anilines is 2. The van der Waals surface area contributed by atoms with Crippen molar-refractivity contribution in [1.82, 2.24) is 19.8 Å². The minimum absolute atomic E-state index is 0.0312. The smallest absolute Gasteiger partial charge is 0.227 e. The Labute approximate surface area is 235 Å². The van der Waals surface area contributed by atoms with Gasteiger partial charge in [0.2, 0.25) is 5.95 Å². The topological polar surface area (TPSA) is 86.5 Å². The van der Waals surface area contributed by atoms with E-state index >= 15 is 0 Å². The zero-order valence-electron chi connectivity index (χ0n) is 23.1. The third-order valence-corrected chi connectivity index (χ3v) is 8.11. The van der Waals surface area contributed by atoms with Gasteiger partial charge in [-0.2, -0.15) is 5.26 Å². The second-order valence-corrected chi connectivity index (χ2v) is 11.3. The molecule has 0 unspecified atom stereocenters. The van der Waals surface area contributed by atoms with Gasteiger partial charge in [0, 0.05) is 50.6 Å². The van der Waals surface area contributed by atoms with Gasteiger partial charge in [0.1, 0.15) is 18.1 Å². The van der Waals surface area contributed by atoms with Crippen molar-refractivity contribution in [3.05, 3.63) is 58.2 Å². The fraction of sp³-hybridized carbons (Fsp3) is 0.433. The van der Waals surface area contributed by atoms with Gasteiger partial charge in [-0.15, -0.1) is 0 Å². The fourth-order valence-electron chi connectivity index (χ4n) is 5.33. The third kappa shape index (κ3) is 5.96. The Morgan fingerprint density at radius 1 is 1.13 bits per heavy atom. The number of aromatic nitrogens is 2. The lowest BCUT2D eigenvalue weighted by molar-refractivity contribution is 0.133. The lowest BCUT2D eigenvalue weighted by Crippen LogP contribution is -2.45. The summed E-state index contributed by atoms with van der Waals surface area (Å²) in [5.41, 5.74) is 5.41. The number of halogens is 1. The molecule has 9 heteroatoms. The molecule has 0 bridgehead atoms. The number of rotatable bonds is 8. The van der Waals surface area contributed by atoms with Crippen LogP contribution >= 0.6 is 11.6 Å². The molecule has 1 fully saturated rings. The Morgan fingerprint density at radius 2 is 1.92 bits per heavy atom. The number of nitrogens with zero attached hydrogens (tertiary/aromatic N) is 5. The number of ether oxygens (including phenoxy) is 2. The summed E-state index contributed by atoms with van der Waals surface area (Å²) in [4.78, 5) is 13.9. The van der Waals surface area contributed by atoms with Gasteiger partial charge in [-0.1, -0.05) is 25.4 Å². The second-order valence-electron chi connectivity index (χ2n) is 10.9. The van der Waals surface area contributed by atoms with Crippen LogP contribution in [0, 0.1) is 11.3 Å². The fourth-order valence-corrected chi connectivity index (χ4v) is 5.55. The first-order chi connectivity index (χ1) is 18.8. The van der Waals surface area contributed by atoms with Crippen LogP contribution < -0.4 is 14.8 Å². The molecule has 1 N–H and O–H groups in total. The zero-order chi connectivity index (χ0) is 27.6. The molecule has 2 aliphatic rings. The Bertz CT molecular complexity index is 1390. The number of likely N-dealkylation sites (N-methyl/N-ethyl adjacent to an activating group) is 1. The summed E-state index contributed by atoms with van der Waals surface area (Å²) in [5.74, 6) is 1.56. The Balaban J connectivity index is 1.33. The summed E-state index contributed by atoms with van der Waals surface area (Å²) in [6.07, 6.45) is 3.67. The van der Waals surface area contributed by atoms with Gasteiger partial charge in [-0.3, -0.25) is 4.90 Å². The molecule has 1 aliphatic carbocycles. The Morgan fingerprint density at radius 3 is 2.67 bits per heavy atom. The molecular weight excluding hydrogens is 512 g/mol. The van der Waals surface area contributed by atoms with Gasteiger partial charge in [-0.25, -0.2) is 9.97 Å². The molecule has 0 amide bonds. The van der Waals surface area contributed by atoms with Crippen molar-refractivity contribution in [1.29, 1.82) is 5.26 Å². The standard InChI is InChI=1S/C30H35ClN6O2/c1-30(2)7-5-22-21(19-32)15-20(16-23(22)30)25-6-8-33-29(34-25)35-26-17-24(31)27(18-28(26)38-4)39-14-13-37-11-9-36(3)10-12-37/h6,8,15-18H,5,7,9-14H2,1-4H3,(H,33,34,35). The normalized spacial score (nSPS) is 16.9. The lowest BCUT2D eigenvalue weighted by Gasteiger charge is -2.32. The molecule has 3 aromatic rings. The van der Waals surface area contributed by atoms with E-state index in [0.717, 1.165) is 67.9 Å². The van der Waals surface area contributed by atoms with Crippen LogP contribution in [0.2, 0.25) is 5.02 Å². The summed E-state index contributed by atoms with van der Waals surface area (Å²) >= 11 is 6.59. The predicted molar refractivity (Wildman–Crippen MR) is 154 cm³/mol. The number of nitrogens with one attached hydrogen (secondary N) is 1. The molecule has 2 heterocycles. The van der Waals surface area contributed by atoms with Gasteiger partial charge in [-0.05, 0) is 60.7 Å².